The van der Waals surface area contributed by atoms with Crippen molar-refractivity contribution in [1.82, 2.24) is 0 Å². The van der Waals surface area contributed by atoms with E-state index in [1.54, 1.807) is 0 Å². The summed E-state index contributed by atoms with van der Waals surface area (Å²) in [5, 5.41) is 0. The minimum Gasteiger partial charge on any atom is -0.294 e. The standard InChI is InChI=1S/C17H25BrO/c1-3-5-6-7-8-9-10-14-11-12-15(13-16(14)18)17(19)4-2/h11-13H,3-10H2,1-2H3. The second-order valence-electron chi connectivity index (χ2n) is 5.10. The minimum atomic E-state index is 0.215. The van der Waals surface area contributed by atoms with E-state index in [1.165, 1.54) is 44.1 Å². The lowest BCUT2D eigenvalue weighted by Crippen LogP contribution is -1.98. The van der Waals surface area contributed by atoms with E-state index in [4.69, 9.17) is 0 Å². The number of unbranched alkanes of at least 4 members (excludes halogenated alkanes) is 5. The summed E-state index contributed by atoms with van der Waals surface area (Å²) in [7, 11) is 0. The minimum absolute atomic E-state index is 0.215. The Morgan fingerprint density at radius 3 is 2.37 bits per heavy atom. The van der Waals surface area contributed by atoms with Crippen LogP contribution in [0.5, 0.6) is 0 Å². The predicted octanol–water partition coefficient (Wildman–Crippen LogP) is 5.94. The van der Waals surface area contributed by atoms with E-state index >= 15 is 0 Å². The van der Waals surface area contributed by atoms with Crippen LogP contribution in [-0.4, -0.2) is 5.78 Å². The summed E-state index contributed by atoms with van der Waals surface area (Å²) >= 11 is 3.59. The Morgan fingerprint density at radius 2 is 1.74 bits per heavy atom. The summed E-state index contributed by atoms with van der Waals surface area (Å²) in [6.07, 6.45) is 9.59. The number of hydrogen-bond donors (Lipinski definition) is 0. The highest BCUT2D eigenvalue weighted by atomic mass is 79.9. The summed E-state index contributed by atoms with van der Waals surface area (Å²) in [5.74, 6) is 0.215. The molecular weight excluding hydrogens is 300 g/mol. The molecule has 0 atom stereocenters. The summed E-state index contributed by atoms with van der Waals surface area (Å²) in [6, 6.07) is 6.03. The van der Waals surface area contributed by atoms with Crippen LogP contribution in [0.3, 0.4) is 0 Å². The molecule has 1 aromatic carbocycles. The maximum atomic E-state index is 11.6. The van der Waals surface area contributed by atoms with Crippen molar-refractivity contribution in [3.8, 4) is 0 Å². The molecule has 1 rings (SSSR count). The molecule has 0 aliphatic carbocycles. The van der Waals surface area contributed by atoms with Crippen LogP contribution in [0.1, 0.15) is 74.7 Å². The Labute approximate surface area is 125 Å². The quantitative estimate of drug-likeness (QED) is 0.405. The number of carbonyl (C=O) groups excluding carboxylic acids is 1. The van der Waals surface area contributed by atoms with Gasteiger partial charge in [0.15, 0.2) is 5.78 Å². The van der Waals surface area contributed by atoms with E-state index in [-0.39, 0.29) is 5.78 Å². The van der Waals surface area contributed by atoms with Gasteiger partial charge in [-0.3, -0.25) is 4.79 Å². The Kier molecular flexibility index (Phi) is 8.04. The lowest BCUT2D eigenvalue weighted by atomic mass is 10.0. The molecular formula is C17H25BrO. The normalized spacial score (nSPS) is 10.7. The molecule has 0 spiro atoms. The third-order valence-corrected chi connectivity index (χ3v) is 4.23. The van der Waals surface area contributed by atoms with Gasteiger partial charge in [-0.25, -0.2) is 0 Å². The maximum Gasteiger partial charge on any atom is 0.162 e. The lowest BCUT2D eigenvalue weighted by Gasteiger charge is -2.07. The third kappa shape index (κ3) is 5.90. The fourth-order valence-electron chi connectivity index (χ4n) is 2.22. The number of hydrogen-bond acceptors (Lipinski definition) is 1. The summed E-state index contributed by atoms with van der Waals surface area (Å²) < 4.78 is 1.08. The molecule has 0 aromatic heterocycles. The molecule has 0 N–H and O–H groups in total. The van der Waals surface area contributed by atoms with Crippen LogP contribution < -0.4 is 0 Å². The molecule has 1 nitrogen and oxygen atoms in total. The van der Waals surface area contributed by atoms with Gasteiger partial charge in [0, 0.05) is 16.5 Å². The van der Waals surface area contributed by atoms with Gasteiger partial charge in [-0.15, -0.1) is 0 Å². The number of rotatable bonds is 9. The highest BCUT2D eigenvalue weighted by Crippen LogP contribution is 2.22. The zero-order valence-electron chi connectivity index (χ0n) is 12.2. The lowest BCUT2D eigenvalue weighted by molar-refractivity contribution is 0.0988. The largest absolute Gasteiger partial charge is 0.294 e. The van der Waals surface area contributed by atoms with Gasteiger partial charge < -0.3 is 0 Å². The molecule has 106 valence electrons. The molecule has 1 aromatic rings. The zero-order valence-corrected chi connectivity index (χ0v) is 13.8. The van der Waals surface area contributed by atoms with Gasteiger partial charge in [-0.1, -0.05) is 74.0 Å². The highest BCUT2D eigenvalue weighted by Gasteiger charge is 2.06. The van der Waals surface area contributed by atoms with Crippen LogP contribution in [0.4, 0.5) is 0 Å². The molecule has 0 heterocycles. The molecule has 0 fully saturated rings. The molecule has 0 amide bonds. The first-order valence-corrected chi connectivity index (χ1v) is 8.30. The van der Waals surface area contributed by atoms with E-state index in [0.29, 0.717) is 6.42 Å². The van der Waals surface area contributed by atoms with Crippen LogP contribution in [0.25, 0.3) is 0 Å². The zero-order chi connectivity index (χ0) is 14.1. The molecule has 0 aliphatic rings. The van der Waals surface area contributed by atoms with Gasteiger partial charge in [-0.05, 0) is 24.5 Å². The Hall–Kier alpha value is -0.630. The van der Waals surface area contributed by atoms with Gasteiger partial charge in [0.1, 0.15) is 0 Å². The fourth-order valence-corrected chi connectivity index (χ4v) is 2.80. The molecule has 0 bridgehead atoms. The second kappa shape index (κ2) is 9.30. The van der Waals surface area contributed by atoms with Gasteiger partial charge >= 0.3 is 0 Å². The first-order valence-electron chi connectivity index (χ1n) is 7.50. The van der Waals surface area contributed by atoms with Crippen molar-refractivity contribution in [2.24, 2.45) is 0 Å². The van der Waals surface area contributed by atoms with E-state index < -0.39 is 0 Å². The van der Waals surface area contributed by atoms with E-state index in [2.05, 4.69) is 28.9 Å². The van der Waals surface area contributed by atoms with Crippen LogP contribution in [0, 0.1) is 0 Å². The fraction of sp³-hybridized carbons (Fsp3) is 0.588. The summed E-state index contributed by atoms with van der Waals surface area (Å²) in [6.45, 7) is 4.15. The predicted molar refractivity (Wildman–Crippen MR) is 85.8 cm³/mol. The van der Waals surface area contributed by atoms with Crippen LogP contribution in [0.15, 0.2) is 22.7 Å². The average molecular weight is 325 g/mol. The number of carbonyl (C=O) groups is 1. The van der Waals surface area contributed by atoms with Crippen molar-refractivity contribution < 1.29 is 4.79 Å². The molecule has 0 radical (unpaired) electrons. The van der Waals surface area contributed by atoms with E-state index in [0.717, 1.165) is 16.5 Å². The van der Waals surface area contributed by atoms with Gasteiger partial charge in [0.2, 0.25) is 0 Å². The number of Topliss-reactive ketones (excluding diaryl/α,β-unsaturated/α-hetero) is 1. The Morgan fingerprint density at radius 1 is 1.05 bits per heavy atom. The van der Waals surface area contributed by atoms with Gasteiger partial charge in [0.25, 0.3) is 0 Å². The molecule has 0 saturated heterocycles. The molecule has 0 aliphatic heterocycles. The first kappa shape index (κ1) is 16.4. The number of aryl methyl sites for hydroxylation is 1. The SMILES string of the molecule is CCCCCCCCc1ccc(C(=O)CC)cc1Br. The van der Waals surface area contributed by atoms with Crippen LogP contribution in [-0.2, 0) is 6.42 Å². The van der Waals surface area contributed by atoms with Crippen molar-refractivity contribution in [2.45, 2.75) is 65.2 Å². The van der Waals surface area contributed by atoms with Crippen molar-refractivity contribution >= 4 is 21.7 Å². The highest BCUT2D eigenvalue weighted by molar-refractivity contribution is 9.10. The van der Waals surface area contributed by atoms with Crippen molar-refractivity contribution in [3.63, 3.8) is 0 Å². The molecule has 2 heteroatoms. The average Bonchev–Trinajstić information content (AvgIpc) is 2.43. The van der Waals surface area contributed by atoms with Crippen molar-refractivity contribution in [1.29, 1.82) is 0 Å². The van der Waals surface area contributed by atoms with Crippen molar-refractivity contribution in [2.75, 3.05) is 0 Å². The number of ketones is 1. The van der Waals surface area contributed by atoms with Crippen LogP contribution in [0.2, 0.25) is 0 Å². The number of benzene rings is 1. The third-order valence-electron chi connectivity index (χ3n) is 3.50. The van der Waals surface area contributed by atoms with Crippen molar-refractivity contribution in [3.05, 3.63) is 33.8 Å². The monoisotopic (exact) mass is 324 g/mol. The number of halogens is 1. The molecule has 0 unspecified atom stereocenters. The molecule has 0 saturated carbocycles. The topological polar surface area (TPSA) is 17.1 Å². The summed E-state index contributed by atoms with van der Waals surface area (Å²) in [4.78, 5) is 11.6. The second-order valence-corrected chi connectivity index (χ2v) is 5.96. The van der Waals surface area contributed by atoms with Gasteiger partial charge in [-0.2, -0.15) is 0 Å². The first-order chi connectivity index (χ1) is 9.19. The van der Waals surface area contributed by atoms with E-state index in [1.807, 2.05) is 19.1 Å². The molecule has 19 heavy (non-hydrogen) atoms. The van der Waals surface area contributed by atoms with Crippen LogP contribution >= 0.6 is 15.9 Å². The maximum absolute atomic E-state index is 11.6. The Balaban J connectivity index is 2.40. The smallest absolute Gasteiger partial charge is 0.162 e. The Bertz CT molecular complexity index is 398. The summed E-state index contributed by atoms with van der Waals surface area (Å²) in [5.41, 5.74) is 2.14. The van der Waals surface area contributed by atoms with Gasteiger partial charge in [0.05, 0.1) is 0 Å². The van der Waals surface area contributed by atoms with E-state index in [9.17, 15) is 4.79 Å².